The molecule has 2 nitrogen and oxygen atoms in total. The number of halogens is 1. The fourth-order valence-corrected chi connectivity index (χ4v) is 8.53. The van der Waals surface area contributed by atoms with E-state index in [2.05, 4.69) is 36.7 Å². The van der Waals surface area contributed by atoms with Crippen molar-refractivity contribution in [1.82, 2.24) is 0 Å². The van der Waals surface area contributed by atoms with Crippen molar-refractivity contribution < 1.29 is 9.90 Å². The molecule has 0 amide bonds. The standard InChI is InChI=1S/C20H31BrO2/c1-18-8-5-13(22)10-12(18)4-7-19(2)15(18)6-9-20(3)16(19)11-14(21)17(20)23/h12-16,22H,4-11H2,1-3H3/t12-,13-,14+,15+,16-,18-,19+,20-/m0/s1. The molecule has 4 aliphatic rings. The molecule has 4 saturated carbocycles. The number of aliphatic hydroxyl groups excluding tert-OH is 1. The predicted molar refractivity (Wildman–Crippen MR) is 95.5 cm³/mol. The van der Waals surface area contributed by atoms with Gasteiger partial charge in [-0.15, -0.1) is 0 Å². The first-order chi connectivity index (χ1) is 10.7. The highest BCUT2D eigenvalue weighted by atomic mass is 79.9. The van der Waals surface area contributed by atoms with Gasteiger partial charge in [-0.05, 0) is 80.0 Å². The number of ketones is 1. The number of Topliss-reactive ketones (excluding diaryl/α,β-unsaturated/α-hetero) is 1. The van der Waals surface area contributed by atoms with Crippen molar-refractivity contribution in [3.8, 4) is 0 Å². The lowest BCUT2D eigenvalue weighted by atomic mass is 9.40. The van der Waals surface area contributed by atoms with E-state index in [-0.39, 0.29) is 16.3 Å². The normalized spacial score (nSPS) is 59.2. The summed E-state index contributed by atoms with van der Waals surface area (Å²) in [6, 6.07) is 0. The molecule has 0 radical (unpaired) electrons. The van der Waals surface area contributed by atoms with Crippen molar-refractivity contribution >= 4 is 21.7 Å². The third-order valence-corrected chi connectivity index (χ3v) is 9.73. The molecule has 3 heteroatoms. The van der Waals surface area contributed by atoms with Gasteiger partial charge in [0, 0.05) is 5.41 Å². The van der Waals surface area contributed by atoms with Gasteiger partial charge in [0.05, 0.1) is 10.9 Å². The SMILES string of the molecule is C[C@]12CC[C@H](O)C[C@@H]1CC[C@]1(C)[C@@H]2CC[C@]2(C)C(=O)[C@H](Br)C[C@@H]12. The molecule has 8 atom stereocenters. The fraction of sp³-hybridized carbons (Fsp3) is 0.950. The Morgan fingerprint density at radius 1 is 0.957 bits per heavy atom. The van der Waals surface area contributed by atoms with Crippen LogP contribution in [0.15, 0.2) is 0 Å². The smallest absolute Gasteiger partial charge is 0.152 e. The Bertz CT molecular complexity index is 534. The molecule has 0 aliphatic heterocycles. The zero-order valence-corrected chi connectivity index (χ0v) is 16.4. The molecule has 0 aromatic carbocycles. The maximum atomic E-state index is 12.8. The Hall–Kier alpha value is 0.110. The van der Waals surface area contributed by atoms with Crippen LogP contribution in [-0.2, 0) is 4.79 Å². The zero-order valence-electron chi connectivity index (χ0n) is 14.8. The number of rotatable bonds is 0. The summed E-state index contributed by atoms with van der Waals surface area (Å²) in [4.78, 5) is 12.9. The van der Waals surface area contributed by atoms with E-state index in [1.165, 1.54) is 25.7 Å². The summed E-state index contributed by atoms with van der Waals surface area (Å²) in [7, 11) is 0. The zero-order chi connectivity index (χ0) is 16.6. The molecule has 0 aromatic rings. The highest BCUT2D eigenvalue weighted by Gasteiger charge is 2.66. The number of hydrogen-bond acceptors (Lipinski definition) is 2. The van der Waals surface area contributed by atoms with E-state index in [0.29, 0.717) is 28.4 Å². The molecule has 0 aromatic heterocycles. The lowest BCUT2D eigenvalue weighted by Gasteiger charge is -2.65. The minimum atomic E-state index is -0.100. The topological polar surface area (TPSA) is 37.3 Å². The maximum Gasteiger partial charge on any atom is 0.152 e. The molecule has 0 bridgehead atoms. The second kappa shape index (κ2) is 5.06. The minimum Gasteiger partial charge on any atom is -0.393 e. The Morgan fingerprint density at radius 2 is 1.65 bits per heavy atom. The van der Waals surface area contributed by atoms with Gasteiger partial charge in [0.25, 0.3) is 0 Å². The van der Waals surface area contributed by atoms with E-state index in [0.717, 1.165) is 31.6 Å². The van der Waals surface area contributed by atoms with E-state index in [9.17, 15) is 9.90 Å². The van der Waals surface area contributed by atoms with Gasteiger partial charge in [0.15, 0.2) is 5.78 Å². The fourth-order valence-electron chi connectivity index (χ4n) is 7.64. The number of fused-ring (bicyclic) bond motifs is 5. The first-order valence-corrected chi connectivity index (χ1v) is 10.5. The van der Waals surface area contributed by atoms with Crippen LogP contribution in [0, 0.1) is 34.0 Å². The van der Waals surface area contributed by atoms with Crippen LogP contribution in [-0.4, -0.2) is 21.8 Å². The van der Waals surface area contributed by atoms with Gasteiger partial charge in [-0.25, -0.2) is 0 Å². The van der Waals surface area contributed by atoms with Crippen molar-refractivity contribution in [2.45, 2.75) is 83.1 Å². The van der Waals surface area contributed by atoms with Crippen LogP contribution in [0.5, 0.6) is 0 Å². The van der Waals surface area contributed by atoms with Gasteiger partial charge in [0.2, 0.25) is 0 Å². The van der Waals surface area contributed by atoms with Gasteiger partial charge in [-0.1, -0.05) is 36.7 Å². The van der Waals surface area contributed by atoms with E-state index < -0.39 is 0 Å². The van der Waals surface area contributed by atoms with E-state index in [1.807, 2.05) is 0 Å². The quantitative estimate of drug-likeness (QED) is 0.615. The third-order valence-electron chi connectivity index (χ3n) is 8.94. The van der Waals surface area contributed by atoms with Crippen LogP contribution in [0.2, 0.25) is 0 Å². The molecule has 4 aliphatic carbocycles. The summed E-state index contributed by atoms with van der Waals surface area (Å²) in [6.07, 6.45) is 8.88. The van der Waals surface area contributed by atoms with E-state index >= 15 is 0 Å². The molecule has 0 unspecified atom stereocenters. The molecular weight excluding hydrogens is 352 g/mol. The first kappa shape index (κ1) is 16.6. The van der Waals surface area contributed by atoms with Crippen LogP contribution in [0.1, 0.15) is 72.1 Å². The summed E-state index contributed by atoms with van der Waals surface area (Å²) in [5, 5.41) is 10.1. The average molecular weight is 383 g/mol. The highest BCUT2D eigenvalue weighted by Crippen LogP contribution is 2.70. The van der Waals surface area contributed by atoms with Crippen LogP contribution >= 0.6 is 15.9 Å². The third kappa shape index (κ3) is 2.05. The lowest BCUT2D eigenvalue weighted by Crippen LogP contribution is -2.59. The monoisotopic (exact) mass is 382 g/mol. The predicted octanol–water partition coefficient (Wildman–Crippen LogP) is 4.72. The molecule has 4 fully saturated rings. The Balaban J connectivity index is 1.71. The second-order valence-electron chi connectivity index (χ2n) is 9.80. The van der Waals surface area contributed by atoms with Crippen molar-refractivity contribution in [3.05, 3.63) is 0 Å². The first-order valence-electron chi connectivity index (χ1n) is 9.58. The lowest BCUT2D eigenvalue weighted by molar-refractivity contribution is -0.172. The Kier molecular flexibility index (Phi) is 3.65. The summed E-state index contributed by atoms with van der Waals surface area (Å²) in [6.45, 7) is 7.27. The number of aliphatic hydroxyl groups is 1. The summed E-state index contributed by atoms with van der Waals surface area (Å²) in [5.74, 6) is 2.42. The molecular formula is C20H31BrO2. The molecule has 4 rings (SSSR count). The van der Waals surface area contributed by atoms with Crippen LogP contribution in [0.25, 0.3) is 0 Å². The van der Waals surface area contributed by atoms with Gasteiger partial charge >= 0.3 is 0 Å². The van der Waals surface area contributed by atoms with Gasteiger partial charge in [0.1, 0.15) is 0 Å². The molecule has 0 heterocycles. The highest BCUT2D eigenvalue weighted by molar-refractivity contribution is 9.10. The molecule has 1 N–H and O–H groups in total. The largest absolute Gasteiger partial charge is 0.393 e. The van der Waals surface area contributed by atoms with Gasteiger partial charge in [-0.2, -0.15) is 0 Å². The molecule has 130 valence electrons. The maximum absolute atomic E-state index is 12.8. The van der Waals surface area contributed by atoms with Crippen LogP contribution < -0.4 is 0 Å². The second-order valence-corrected chi connectivity index (χ2v) is 10.9. The molecule has 0 spiro atoms. The summed E-state index contributed by atoms with van der Waals surface area (Å²) in [5.41, 5.74) is 0.580. The Morgan fingerprint density at radius 3 is 2.39 bits per heavy atom. The summed E-state index contributed by atoms with van der Waals surface area (Å²) >= 11 is 3.68. The van der Waals surface area contributed by atoms with Gasteiger partial charge < -0.3 is 5.11 Å². The number of carbonyl (C=O) groups excluding carboxylic acids is 1. The van der Waals surface area contributed by atoms with Crippen molar-refractivity contribution in [2.75, 3.05) is 0 Å². The van der Waals surface area contributed by atoms with Crippen molar-refractivity contribution in [1.29, 1.82) is 0 Å². The summed E-state index contributed by atoms with van der Waals surface area (Å²) < 4.78 is 0. The van der Waals surface area contributed by atoms with Crippen LogP contribution in [0.4, 0.5) is 0 Å². The number of hydrogen-bond donors (Lipinski definition) is 1. The number of alkyl halides is 1. The number of carbonyl (C=O) groups is 1. The van der Waals surface area contributed by atoms with Crippen LogP contribution in [0.3, 0.4) is 0 Å². The van der Waals surface area contributed by atoms with Crippen molar-refractivity contribution in [2.24, 2.45) is 34.0 Å². The van der Waals surface area contributed by atoms with E-state index in [4.69, 9.17) is 0 Å². The molecule has 23 heavy (non-hydrogen) atoms. The van der Waals surface area contributed by atoms with E-state index in [1.54, 1.807) is 0 Å². The average Bonchev–Trinajstić information content (AvgIpc) is 2.73. The Labute approximate surface area is 148 Å². The van der Waals surface area contributed by atoms with Crippen molar-refractivity contribution in [3.63, 3.8) is 0 Å². The van der Waals surface area contributed by atoms with Gasteiger partial charge in [-0.3, -0.25) is 4.79 Å². The minimum absolute atomic E-state index is 0.0757. The molecule has 0 saturated heterocycles.